The average Bonchev–Trinajstić information content (AvgIpc) is 2.18. The summed E-state index contributed by atoms with van der Waals surface area (Å²) in [6.07, 6.45) is -4.02. The van der Waals surface area contributed by atoms with Gasteiger partial charge < -0.3 is 10.6 Å². The zero-order valence-electron chi connectivity index (χ0n) is 9.23. The lowest BCUT2D eigenvalue weighted by molar-refractivity contribution is -0.144. The number of amides is 1. The monoisotopic (exact) mass is 238 g/mol. The van der Waals surface area contributed by atoms with Gasteiger partial charge in [0.2, 0.25) is 5.91 Å². The van der Waals surface area contributed by atoms with E-state index in [0.29, 0.717) is 12.6 Å². The van der Waals surface area contributed by atoms with Crippen LogP contribution in [0.3, 0.4) is 0 Å². The summed E-state index contributed by atoms with van der Waals surface area (Å²) in [4.78, 5) is 11.2. The van der Waals surface area contributed by atoms with Gasteiger partial charge in [-0.3, -0.25) is 4.79 Å². The van der Waals surface area contributed by atoms with Crippen molar-refractivity contribution in [2.45, 2.75) is 50.9 Å². The normalized spacial score (nSPS) is 26.5. The van der Waals surface area contributed by atoms with Crippen LogP contribution in [0.2, 0.25) is 0 Å². The van der Waals surface area contributed by atoms with E-state index in [1.165, 1.54) is 0 Å². The molecule has 0 aromatic carbocycles. The average molecular weight is 238 g/mol. The molecule has 0 aliphatic carbocycles. The fourth-order valence-electron chi connectivity index (χ4n) is 1.68. The van der Waals surface area contributed by atoms with Gasteiger partial charge in [-0.2, -0.15) is 13.2 Å². The van der Waals surface area contributed by atoms with E-state index in [2.05, 4.69) is 10.6 Å². The highest BCUT2D eigenvalue weighted by Crippen LogP contribution is 2.21. The largest absolute Gasteiger partial charge is 0.389 e. The number of halogens is 3. The fourth-order valence-corrected chi connectivity index (χ4v) is 1.68. The number of hydrogen-bond acceptors (Lipinski definition) is 2. The lowest BCUT2D eigenvalue weighted by Gasteiger charge is -2.28. The lowest BCUT2D eigenvalue weighted by Crippen LogP contribution is -2.48. The van der Waals surface area contributed by atoms with Gasteiger partial charge in [-0.25, -0.2) is 0 Å². The molecule has 0 aromatic heterocycles. The molecule has 2 unspecified atom stereocenters. The third-order valence-electron chi connectivity index (χ3n) is 2.66. The SMILES string of the molecule is CC1CCC(NC(=O)CCC(F)(F)F)CN1. The van der Waals surface area contributed by atoms with Crippen LogP contribution in [0.1, 0.15) is 32.6 Å². The Labute approximate surface area is 92.8 Å². The molecular weight excluding hydrogens is 221 g/mol. The molecule has 1 heterocycles. The van der Waals surface area contributed by atoms with Crippen molar-refractivity contribution in [2.24, 2.45) is 0 Å². The van der Waals surface area contributed by atoms with Crippen LogP contribution in [-0.4, -0.2) is 30.7 Å². The molecule has 0 spiro atoms. The van der Waals surface area contributed by atoms with E-state index in [1.54, 1.807) is 0 Å². The minimum Gasteiger partial charge on any atom is -0.352 e. The van der Waals surface area contributed by atoms with Crippen LogP contribution in [0.15, 0.2) is 0 Å². The predicted molar refractivity (Wildman–Crippen MR) is 53.9 cm³/mol. The predicted octanol–water partition coefficient (Wildman–Crippen LogP) is 1.59. The van der Waals surface area contributed by atoms with Crippen molar-refractivity contribution in [1.82, 2.24) is 10.6 Å². The molecule has 1 fully saturated rings. The summed E-state index contributed by atoms with van der Waals surface area (Å²) in [6, 6.07) is 0.389. The van der Waals surface area contributed by atoms with Gasteiger partial charge in [-0.15, -0.1) is 0 Å². The molecule has 2 N–H and O–H groups in total. The molecule has 0 saturated carbocycles. The van der Waals surface area contributed by atoms with Crippen LogP contribution < -0.4 is 10.6 Å². The van der Waals surface area contributed by atoms with Crippen LogP contribution >= 0.6 is 0 Å². The molecule has 1 aliphatic rings. The van der Waals surface area contributed by atoms with E-state index in [4.69, 9.17) is 0 Å². The number of alkyl halides is 3. The quantitative estimate of drug-likeness (QED) is 0.784. The highest BCUT2D eigenvalue weighted by atomic mass is 19.4. The second-order valence-electron chi connectivity index (χ2n) is 4.27. The zero-order valence-corrected chi connectivity index (χ0v) is 9.23. The van der Waals surface area contributed by atoms with Crippen LogP contribution in [0.4, 0.5) is 13.2 Å². The minimum atomic E-state index is -4.25. The van der Waals surface area contributed by atoms with Crippen molar-refractivity contribution >= 4 is 5.91 Å². The maximum absolute atomic E-state index is 11.9. The third-order valence-corrected chi connectivity index (χ3v) is 2.66. The third kappa shape index (κ3) is 5.34. The first-order valence-electron chi connectivity index (χ1n) is 5.46. The van der Waals surface area contributed by atoms with Gasteiger partial charge in [0.15, 0.2) is 0 Å². The molecule has 0 bridgehead atoms. The summed E-state index contributed by atoms with van der Waals surface area (Å²) in [5.41, 5.74) is 0. The summed E-state index contributed by atoms with van der Waals surface area (Å²) in [5, 5.41) is 5.78. The molecule has 16 heavy (non-hydrogen) atoms. The van der Waals surface area contributed by atoms with Crippen LogP contribution in [-0.2, 0) is 4.79 Å². The van der Waals surface area contributed by atoms with Crippen molar-refractivity contribution in [3.8, 4) is 0 Å². The van der Waals surface area contributed by atoms with Crippen LogP contribution in [0.25, 0.3) is 0 Å². The number of piperidine rings is 1. The summed E-state index contributed by atoms with van der Waals surface area (Å²) >= 11 is 0. The van der Waals surface area contributed by atoms with Gasteiger partial charge in [0, 0.05) is 25.0 Å². The Morgan fingerprint density at radius 2 is 2.12 bits per heavy atom. The van der Waals surface area contributed by atoms with Crippen molar-refractivity contribution in [3.63, 3.8) is 0 Å². The first-order valence-corrected chi connectivity index (χ1v) is 5.46. The first-order chi connectivity index (χ1) is 7.37. The minimum absolute atomic E-state index is 0.0306. The Balaban J connectivity index is 2.19. The molecule has 0 radical (unpaired) electrons. The van der Waals surface area contributed by atoms with E-state index in [-0.39, 0.29) is 6.04 Å². The van der Waals surface area contributed by atoms with Crippen molar-refractivity contribution in [2.75, 3.05) is 6.54 Å². The van der Waals surface area contributed by atoms with Gasteiger partial charge >= 0.3 is 6.18 Å². The van der Waals surface area contributed by atoms with Crippen LogP contribution in [0, 0.1) is 0 Å². The van der Waals surface area contributed by atoms with E-state index in [9.17, 15) is 18.0 Å². The highest BCUT2D eigenvalue weighted by Gasteiger charge is 2.28. The van der Waals surface area contributed by atoms with Gasteiger partial charge in [0.1, 0.15) is 0 Å². The number of nitrogens with one attached hydrogen (secondary N) is 2. The Morgan fingerprint density at radius 3 is 2.62 bits per heavy atom. The molecule has 1 saturated heterocycles. The molecule has 6 heteroatoms. The standard InChI is InChI=1S/C10H17F3N2O/c1-7-2-3-8(6-14-7)15-9(16)4-5-10(11,12)13/h7-8,14H,2-6H2,1H3,(H,15,16). The topological polar surface area (TPSA) is 41.1 Å². The van der Waals surface area contributed by atoms with E-state index in [1.807, 2.05) is 6.92 Å². The Morgan fingerprint density at radius 1 is 1.44 bits per heavy atom. The summed E-state index contributed by atoms with van der Waals surface area (Å²) in [7, 11) is 0. The molecule has 1 rings (SSSR count). The van der Waals surface area contributed by atoms with Crippen molar-refractivity contribution < 1.29 is 18.0 Å². The highest BCUT2D eigenvalue weighted by molar-refractivity contribution is 5.76. The van der Waals surface area contributed by atoms with E-state index >= 15 is 0 Å². The molecule has 2 atom stereocenters. The summed E-state index contributed by atoms with van der Waals surface area (Å²) in [6.45, 7) is 2.68. The van der Waals surface area contributed by atoms with Crippen molar-refractivity contribution in [1.29, 1.82) is 0 Å². The van der Waals surface area contributed by atoms with E-state index < -0.39 is 24.9 Å². The smallest absolute Gasteiger partial charge is 0.352 e. The number of carbonyl (C=O) groups excluding carboxylic acids is 1. The molecular formula is C10H17F3N2O. The zero-order chi connectivity index (χ0) is 12.2. The number of hydrogen-bond donors (Lipinski definition) is 2. The molecule has 94 valence electrons. The van der Waals surface area contributed by atoms with Crippen LogP contribution in [0.5, 0.6) is 0 Å². The van der Waals surface area contributed by atoms with Gasteiger partial charge in [-0.05, 0) is 19.8 Å². The number of carbonyl (C=O) groups is 1. The maximum Gasteiger partial charge on any atom is 0.389 e. The Bertz CT molecular complexity index is 235. The van der Waals surface area contributed by atoms with Gasteiger partial charge in [-0.1, -0.05) is 0 Å². The summed E-state index contributed by atoms with van der Waals surface area (Å²) in [5.74, 6) is -0.515. The van der Waals surface area contributed by atoms with Gasteiger partial charge in [0.25, 0.3) is 0 Å². The number of rotatable bonds is 3. The second-order valence-corrected chi connectivity index (χ2v) is 4.27. The van der Waals surface area contributed by atoms with Crippen molar-refractivity contribution in [3.05, 3.63) is 0 Å². The first kappa shape index (κ1) is 13.3. The fraction of sp³-hybridized carbons (Fsp3) is 0.900. The van der Waals surface area contributed by atoms with Gasteiger partial charge in [0.05, 0.1) is 6.42 Å². The molecule has 3 nitrogen and oxygen atoms in total. The molecule has 0 aromatic rings. The Hall–Kier alpha value is -0.780. The lowest BCUT2D eigenvalue weighted by atomic mass is 10.0. The molecule has 1 amide bonds. The molecule has 1 aliphatic heterocycles. The Kier molecular flexibility index (Phi) is 4.58. The van der Waals surface area contributed by atoms with E-state index in [0.717, 1.165) is 12.8 Å². The maximum atomic E-state index is 11.9. The second kappa shape index (κ2) is 5.52. The summed E-state index contributed by atoms with van der Waals surface area (Å²) < 4.78 is 35.6.